The molecule has 3 heteroatoms. The fourth-order valence-corrected chi connectivity index (χ4v) is 7.76. The summed E-state index contributed by atoms with van der Waals surface area (Å²) in [5.41, 5.74) is 12.2. The number of fused-ring (bicyclic) bond motifs is 1. The third-order valence-electron chi connectivity index (χ3n) is 11.0. The Bertz CT molecular complexity index is 2530. The van der Waals surface area contributed by atoms with E-state index in [1.54, 1.807) is 0 Å². The summed E-state index contributed by atoms with van der Waals surface area (Å²) in [5.74, 6) is 1.53. The van der Waals surface area contributed by atoms with Crippen molar-refractivity contribution in [1.29, 1.82) is 0 Å². The Kier molecular flexibility index (Phi) is 11.0. The van der Waals surface area contributed by atoms with Crippen LogP contribution in [0.3, 0.4) is 0 Å². The maximum atomic E-state index is 5.40. The van der Waals surface area contributed by atoms with Gasteiger partial charge in [-0.15, -0.1) is 0 Å². The Balaban J connectivity index is 1.14. The van der Waals surface area contributed by atoms with Crippen LogP contribution in [0.25, 0.3) is 27.6 Å². The number of nitrogens with zero attached hydrogens (tertiary/aromatic N) is 3. The van der Waals surface area contributed by atoms with E-state index in [2.05, 4.69) is 185 Å². The largest absolute Gasteiger partial charge is 0.252 e. The van der Waals surface area contributed by atoms with Crippen molar-refractivity contribution in [3.05, 3.63) is 216 Å². The van der Waals surface area contributed by atoms with E-state index in [9.17, 15) is 0 Å². The van der Waals surface area contributed by atoms with Gasteiger partial charge in [0.25, 0.3) is 0 Å². The smallest absolute Gasteiger partial charge is 0.160 e. The number of aliphatic imine (C=N–C) groups is 3. The molecule has 0 N–H and O–H groups in total. The van der Waals surface area contributed by atoms with E-state index in [4.69, 9.17) is 15.0 Å². The lowest BCUT2D eigenvalue weighted by atomic mass is 9.76. The van der Waals surface area contributed by atoms with E-state index in [1.165, 1.54) is 21.9 Å². The van der Waals surface area contributed by atoms with E-state index in [0.29, 0.717) is 11.8 Å². The lowest BCUT2D eigenvalue weighted by molar-refractivity contribution is 0.593. The van der Waals surface area contributed by atoms with E-state index >= 15 is 0 Å². The number of benzene rings is 7. The molecule has 0 radical (unpaired) electrons. The molecular formula is C53H47N3. The molecule has 0 aromatic heterocycles. The van der Waals surface area contributed by atoms with Crippen molar-refractivity contribution < 1.29 is 0 Å². The van der Waals surface area contributed by atoms with E-state index in [-0.39, 0.29) is 11.8 Å². The van der Waals surface area contributed by atoms with Crippen molar-refractivity contribution in [2.24, 2.45) is 26.8 Å². The third kappa shape index (κ3) is 7.99. The van der Waals surface area contributed by atoms with Gasteiger partial charge >= 0.3 is 0 Å². The Morgan fingerprint density at radius 1 is 0.571 bits per heavy atom. The van der Waals surface area contributed by atoms with Crippen molar-refractivity contribution in [2.75, 3.05) is 0 Å². The zero-order valence-corrected chi connectivity index (χ0v) is 32.4. The SMILES string of the molecule is CCC(C)/C(=N\C(=N/c1ccc(-c2ccc3ccc(C4=CC(c5ccccc5)C(CC)C(c5ccccc5)=N4)cc3c2)cc1)c1ccccc1)c1ccccc1. The van der Waals surface area contributed by atoms with Gasteiger partial charge in [-0.25, -0.2) is 9.98 Å². The monoisotopic (exact) mass is 725 g/mol. The van der Waals surface area contributed by atoms with Crippen LogP contribution in [0.15, 0.2) is 203 Å². The number of hydrogen-bond acceptors (Lipinski definition) is 2. The standard InChI is InChI=1S/C53H47N3/c1-4-37(3)51(41-20-12-7-13-21-41)56-53(43-24-16-9-17-25-43)54-47-32-30-38(31-33-47)44-28-26-39-27-29-45(35-46(39)34-44)50-36-49(40-18-10-6-11-19-40)48(5-2)52(55-50)42-22-14-8-15-23-42/h6-37,48-49H,4-5H2,1-3H3/b54-53-,56-51+. The molecule has 0 aliphatic carbocycles. The van der Waals surface area contributed by atoms with Crippen molar-refractivity contribution in [1.82, 2.24) is 0 Å². The maximum Gasteiger partial charge on any atom is 0.160 e. The molecule has 1 aliphatic rings. The second-order valence-electron chi connectivity index (χ2n) is 14.7. The summed E-state index contributed by atoms with van der Waals surface area (Å²) >= 11 is 0. The summed E-state index contributed by atoms with van der Waals surface area (Å²) in [6.45, 7) is 6.72. The minimum atomic E-state index is 0.236. The second kappa shape index (κ2) is 16.9. The third-order valence-corrected chi connectivity index (χ3v) is 11.0. The zero-order chi connectivity index (χ0) is 38.3. The summed E-state index contributed by atoms with van der Waals surface area (Å²) in [6, 6.07) is 64.3. The Labute approximate surface area is 331 Å². The molecule has 8 rings (SSSR count). The van der Waals surface area contributed by atoms with Crippen LogP contribution in [-0.2, 0) is 0 Å². The van der Waals surface area contributed by atoms with Gasteiger partial charge in [-0.2, -0.15) is 0 Å². The van der Waals surface area contributed by atoms with Crippen LogP contribution >= 0.6 is 0 Å². The fraction of sp³-hybridized carbons (Fsp3) is 0.151. The van der Waals surface area contributed by atoms with Crippen LogP contribution in [0.1, 0.15) is 67.3 Å². The summed E-state index contributed by atoms with van der Waals surface area (Å²) in [6.07, 6.45) is 4.39. The Hall–Kier alpha value is -6.45. The lowest BCUT2D eigenvalue weighted by Gasteiger charge is -2.30. The van der Waals surface area contributed by atoms with Gasteiger partial charge in [0.05, 0.1) is 22.8 Å². The Morgan fingerprint density at radius 2 is 1.14 bits per heavy atom. The van der Waals surface area contributed by atoms with Gasteiger partial charge in [-0.3, -0.25) is 4.99 Å². The molecule has 0 saturated heterocycles. The van der Waals surface area contributed by atoms with Gasteiger partial charge in [-0.05, 0) is 87.7 Å². The molecule has 1 heterocycles. The second-order valence-corrected chi connectivity index (χ2v) is 14.7. The summed E-state index contributed by atoms with van der Waals surface area (Å²) in [5, 5.41) is 2.39. The predicted molar refractivity (Wildman–Crippen MR) is 238 cm³/mol. The molecule has 0 amide bonds. The maximum absolute atomic E-state index is 5.40. The number of hydrogen-bond donors (Lipinski definition) is 0. The van der Waals surface area contributed by atoms with Crippen LogP contribution in [0.4, 0.5) is 5.69 Å². The summed E-state index contributed by atoms with van der Waals surface area (Å²) in [7, 11) is 0. The van der Waals surface area contributed by atoms with Crippen LogP contribution in [0, 0.1) is 11.8 Å². The van der Waals surface area contributed by atoms with Crippen LogP contribution in [-0.4, -0.2) is 17.3 Å². The average Bonchev–Trinajstić information content (AvgIpc) is 3.28. The van der Waals surface area contributed by atoms with Crippen LogP contribution < -0.4 is 0 Å². The van der Waals surface area contributed by atoms with Crippen molar-refractivity contribution >= 4 is 39.4 Å². The van der Waals surface area contributed by atoms with Crippen LogP contribution in [0.5, 0.6) is 0 Å². The highest BCUT2D eigenvalue weighted by Gasteiger charge is 2.30. The van der Waals surface area contributed by atoms with Crippen molar-refractivity contribution in [3.8, 4) is 11.1 Å². The van der Waals surface area contributed by atoms with E-state index < -0.39 is 0 Å². The van der Waals surface area contributed by atoms with E-state index in [0.717, 1.165) is 63.5 Å². The molecular weight excluding hydrogens is 679 g/mol. The summed E-state index contributed by atoms with van der Waals surface area (Å²) < 4.78 is 0. The van der Waals surface area contributed by atoms with E-state index in [1.807, 2.05) is 24.3 Å². The molecule has 1 aliphatic heterocycles. The van der Waals surface area contributed by atoms with Crippen molar-refractivity contribution in [2.45, 2.75) is 39.5 Å². The van der Waals surface area contributed by atoms with Gasteiger partial charge in [0.1, 0.15) is 0 Å². The molecule has 0 bridgehead atoms. The molecule has 274 valence electrons. The fourth-order valence-electron chi connectivity index (χ4n) is 7.76. The first-order chi connectivity index (χ1) is 27.6. The first-order valence-corrected chi connectivity index (χ1v) is 19.9. The average molecular weight is 726 g/mol. The lowest BCUT2D eigenvalue weighted by Crippen LogP contribution is -2.25. The van der Waals surface area contributed by atoms with Gasteiger partial charge in [0, 0.05) is 23.0 Å². The quantitative estimate of drug-likeness (QED) is 0.0994. The highest BCUT2D eigenvalue weighted by molar-refractivity contribution is 6.13. The molecule has 3 unspecified atom stereocenters. The van der Waals surface area contributed by atoms with Gasteiger partial charge < -0.3 is 0 Å². The number of rotatable bonds is 10. The molecule has 0 fully saturated rings. The zero-order valence-electron chi connectivity index (χ0n) is 32.4. The van der Waals surface area contributed by atoms with Gasteiger partial charge in [-0.1, -0.05) is 178 Å². The predicted octanol–water partition coefficient (Wildman–Crippen LogP) is 13.8. The molecule has 3 nitrogen and oxygen atoms in total. The van der Waals surface area contributed by atoms with Gasteiger partial charge in [0.2, 0.25) is 0 Å². The number of amidine groups is 1. The van der Waals surface area contributed by atoms with Gasteiger partial charge in [0.15, 0.2) is 5.84 Å². The Morgan fingerprint density at radius 3 is 1.79 bits per heavy atom. The minimum Gasteiger partial charge on any atom is -0.252 e. The molecule has 7 aromatic carbocycles. The molecule has 0 saturated carbocycles. The van der Waals surface area contributed by atoms with Crippen molar-refractivity contribution in [3.63, 3.8) is 0 Å². The highest BCUT2D eigenvalue weighted by atomic mass is 14.9. The molecule has 7 aromatic rings. The first-order valence-electron chi connectivity index (χ1n) is 19.9. The molecule has 3 atom stereocenters. The minimum absolute atomic E-state index is 0.236. The normalized spacial score (nSPS) is 16.6. The molecule has 56 heavy (non-hydrogen) atoms. The highest BCUT2D eigenvalue weighted by Crippen LogP contribution is 2.40. The summed E-state index contributed by atoms with van der Waals surface area (Å²) in [4.78, 5) is 15.8. The number of allylic oxidation sites excluding steroid dienone is 1. The molecule has 0 spiro atoms. The van der Waals surface area contributed by atoms with Crippen LogP contribution in [0.2, 0.25) is 0 Å². The first kappa shape index (κ1) is 36.5. The topological polar surface area (TPSA) is 37.1 Å².